The van der Waals surface area contributed by atoms with E-state index in [1.54, 1.807) is 0 Å². The predicted molar refractivity (Wildman–Crippen MR) is 109 cm³/mol. The van der Waals surface area contributed by atoms with Gasteiger partial charge in [0.05, 0.1) is 0 Å². The molecule has 0 aromatic heterocycles. The number of hydrogen-bond acceptors (Lipinski definition) is 1. The van der Waals surface area contributed by atoms with Crippen LogP contribution in [0.3, 0.4) is 0 Å². The molecule has 0 unspecified atom stereocenters. The molecule has 0 aliphatic carbocycles. The summed E-state index contributed by atoms with van der Waals surface area (Å²) in [5, 5.41) is 4.26. The molecule has 0 atom stereocenters. The van der Waals surface area contributed by atoms with E-state index in [9.17, 15) is 0 Å². The smallest absolute Gasteiger partial charge is 0.173 e. The van der Waals surface area contributed by atoms with E-state index in [4.69, 9.17) is 12.2 Å². The average Bonchev–Trinajstić information content (AvgIpc) is 2.68. The third kappa shape index (κ3) is 3.42. The second kappa shape index (κ2) is 7.08. The molecular formula is C22H20N2S. The standard InChI is InChI=1S/C22H20N2S/c25-22(24-15-14-17-8-4-5-11-19(17)16-24)23-21-13-7-6-12-20(21)18-9-2-1-3-10-18/h1-13H,14-16H2,(H,23,25). The van der Waals surface area contributed by atoms with Crippen LogP contribution in [0.1, 0.15) is 11.1 Å². The summed E-state index contributed by atoms with van der Waals surface area (Å²) < 4.78 is 0. The Labute approximate surface area is 154 Å². The fourth-order valence-corrected chi connectivity index (χ4v) is 3.59. The highest BCUT2D eigenvalue weighted by Gasteiger charge is 2.18. The largest absolute Gasteiger partial charge is 0.344 e. The first-order chi connectivity index (χ1) is 12.3. The average molecular weight is 344 g/mol. The van der Waals surface area contributed by atoms with Gasteiger partial charge in [-0.25, -0.2) is 0 Å². The van der Waals surface area contributed by atoms with Gasteiger partial charge in [0.25, 0.3) is 0 Å². The molecule has 2 nitrogen and oxygen atoms in total. The second-order valence-electron chi connectivity index (χ2n) is 6.28. The van der Waals surface area contributed by atoms with Gasteiger partial charge in [-0.2, -0.15) is 0 Å². The van der Waals surface area contributed by atoms with Gasteiger partial charge >= 0.3 is 0 Å². The lowest BCUT2D eigenvalue weighted by Crippen LogP contribution is -2.38. The lowest BCUT2D eigenvalue weighted by Gasteiger charge is -2.31. The van der Waals surface area contributed by atoms with Gasteiger partial charge in [0.1, 0.15) is 0 Å². The number of rotatable bonds is 2. The number of thiocarbonyl (C=S) groups is 1. The molecule has 0 amide bonds. The Hall–Kier alpha value is -2.65. The lowest BCUT2D eigenvalue weighted by molar-refractivity contribution is 0.399. The van der Waals surface area contributed by atoms with E-state index in [1.165, 1.54) is 22.3 Å². The van der Waals surface area contributed by atoms with Crippen molar-refractivity contribution in [1.82, 2.24) is 4.90 Å². The summed E-state index contributed by atoms with van der Waals surface area (Å²) in [6.07, 6.45) is 1.04. The van der Waals surface area contributed by atoms with E-state index in [-0.39, 0.29) is 0 Å². The van der Waals surface area contributed by atoms with Gasteiger partial charge in [0.2, 0.25) is 0 Å². The summed E-state index contributed by atoms with van der Waals surface area (Å²) in [6, 6.07) is 27.4. The van der Waals surface area contributed by atoms with Crippen molar-refractivity contribution in [3.8, 4) is 11.1 Å². The van der Waals surface area contributed by atoms with Crippen LogP contribution in [-0.4, -0.2) is 16.6 Å². The zero-order chi connectivity index (χ0) is 17.1. The molecule has 0 bridgehead atoms. The predicted octanol–water partition coefficient (Wildman–Crippen LogP) is 5.11. The van der Waals surface area contributed by atoms with E-state index >= 15 is 0 Å². The first-order valence-corrected chi connectivity index (χ1v) is 8.99. The van der Waals surface area contributed by atoms with Crippen molar-refractivity contribution < 1.29 is 0 Å². The number of benzene rings is 3. The Bertz CT molecular complexity index is 889. The normalized spacial score (nSPS) is 13.2. The molecule has 1 heterocycles. The van der Waals surface area contributed by atoms with Crippen molar-refractivity contribution in [2.75, 3.05) is 11.9 Å². The minimum atomic E-state index is 0.790. The summed E-state index contributed by atoms with van der Waals surface area (Å²) in [6.45, 7) is 1.83. The number of nitrogens with one attached hydrogen (secondary N) is 1. The maximum Gasteiger partial charge on any atom is 0.173 e. The van der Waals surface area contributed by atoms with Gasteiger partial charge in [-0.05, 0) is 41.4 Å². The molecule has 0 saturated heterocycles. The maximum atomic E-state index is 5.71. The van der Waals surface area contributed by atoms with Crippen LogP contribution in [0.15, 0.2) is 78.9 Å². The van der Waals surface area contributed by atoms with Crippen molar-refractivity contribution in [3.63, 3.8) is 0 Å². The molecule has 25 heavy (non-hydrogen) atoms. The van der Waals surface area contributed by atoms with E-state index in [0.717, 1.165) is 30.3 Å². The molecule has 3 aromatic carbocycles. The SMILES string of the molecule is S=C(Nc1ccccc1-c1ccccc1)N1CCc2ccccc2C1. The molecule has 3 heteroatoms. The van der Waals surface area contributed by atoms with Crippen LogP contribution in [0.4, 0.5) is 5.69 Å². The monoisotopic (exact) mass is 344 g/mol. The molecule has 124 valence electrons. The fraction of sp³-hybridized carbons (Fsp3) is 0.136. The van der Waals surface area contributed by atoms with Crippen molar-refractivity contribution in [3.05, 3.63) is 90.0 Å². The van der Waals surface area contributed by atoms with Crippen molar-refractivity contribution in [2.24, 2.45) is 0 Å². The van der Waals surface area contributed by atoms with Crippen molar-refractivity contribution in [1.29, 1.82) is 0 Å². The van der Waals surface area contributed by atoms with Crippen LogP contribution in [0.5, 0.6) is 0 Å². The molecule has 0 spiro atoms. The van der Waals surface area contributed by atoms with Crippen molar-refractivity contribution in [2.45, 2.75) is 13.0 Å². The van der Waals surface area contributed by atoms with Crippen molar-refractivity contribution >= 4 is 23.0 Å². The molecule has 1 aliphatic heterocycles. The minimum Gasteiger partial charge on any atom is -0.344 e. The Morgan fingerprint density at radius 3 is 2.32 bits per heavy atom. The van der Waals surface area contributed by atoms with E-state index < -0.39 is 0 Å². The van der Waals surface area contributed by atoms with Gasteiger partial charge in [-0.15, -0.1) is 0 Å². The molecule has 0 fully saturated rings. The maximum absolute atomic E-state index is 5.71. The van der Waals surface area contributed by atoms with E-state index in [2.05, 4.69) is 76.9 Å². The third-order valence-corrected chi connectivity index (χ3v) is 5.03. The Balaban J connectivity index is 1.55. The summed E-state index contributed by atoms with van der Waals surface area (Å²) in [4.78, 5) is 2.25. The number of anilines is 1. The van der Waals surface area contributed by atoms with Crippen LogP contribution in [0.2, 0.25) is 0 Å². The zero-order valence-corrected chi connectivity index (χ0v) is 14.8. The summed E-state index contributed by atoms with van der Waals surface area (Å²) in [5.41, 5.74) is 6.22. The molecule has 1 N–H and O–H groups in total. The van der Waals surface area contributed by atoms with E-state index in [0.29, 0.717) is 0 Å². The van der Waals surface area contributed by atoms with Crippen LogP contribution in [0, 0.1) is 0 Å². The highest BCUT2D eigenvalue weighted by Crippen LogP contribution is 2.28. The van der Waals surface area contributed by atoms with Crippen LogP contribution < -0.4 is 5.32 Å². The van der Waals surface area contributed by atoms with Gasteiger partial charge in [-0.1, -0.05) is 72.8 Å². The summed E-state index contributed by atoms with van der Waals surface area (Å²) in [5.74, 6) is 0. The van der Waals surface area contributed by atoms with Crippen LogP contribution in [-0.2, 0) is 13.0 Å². The topological polar surface area (TPSA) is 15.3 Å². The first kappa shape index (κ1) is 15.9. The molecule has 4 rings (SSSR count). The van der Waals surface area contributed by atoms with Gasteiger partial charge in [-0.3, -0.25) is 0 Å². The quantitative estimate of drug-likeness (QED) is 0.651. The molecule has 1 aliphatic rings. The van der Waals surface area contributed by atoms with Gasteiger partial charge in [0.15, 0.2) is 5.11 Å². The first-order valence-electron chi connectivity index (χ1n) is 8.58. The summed E-state index contributed by atoms with van der Waals surface area (Å²) >= 11 is 5.71. The summed E-state index contributed by atoms with van der Waals surface area (Å²) in [7, 11) is 0. The molecule has 0 saturated carbocycles. The zero-order valence-electron chi connectivity index (χ0n) is 14.0. The van der Waals surface area contributed by atoms with Gasteiger partial charge in [0, 0.05) is 24.3 Å². The second-order valence-corrected chi connectivity index (χ2v) is 6.67. The van der Waals surface area contributed by atoms with Crippen LogP contribution in [0.25, 0.3) is 11.1 Å². The Morgan fingerprint density at radius 1 is 0.800 bits per heavy atom. The number of fused-ring (bicyclic) bond motifs is 1. The minimum absolute atomic E-state index is 0.790. The number of nitrogens with zero attached hydrogens (tertiary/aromatic N) is 1. The lowest BCUT2D eigenvalue weighted by atomic mass is 10.0. The Kier molecular flexibility index (Phi) is 4.49. The Morgan fingerprint density at radius 2 is 1.48 bits per heavy atom. The van der Waals surface area contributed by atoms with Gasteiger partial charge < -0.3 is 10.2 Å². The van der Waals surface area contributed by atoms with E-state index in [1.807, 2.05) is 12.1 Å². The number of para-hydroxylation sites is 1. The van der Waals surface area contributed by atoms with Crippen LogP contribution >= 0.6 is 12.2 Å². The molecule has 3 aromatic rings. The molecular weight excluding hydrogens is 324 g/mol. The fourth-order valence-electron chi connectivity index (χ4n) is 3.32. The highest BCUT2D eigenvalue weighted by molar-refractivity contribution is 7.80. The highest BCUT2D eigenvalue weighted by atomic mass is 32.1. The number of hydrogen-bond donors (Lipinski definition) is 1. The third-order valence-electron chi connectivity index (χ3n) is 4.67. The molecule has 0 radical (unpaired) electrons.